The molecule has 34 heavy (non-hydrogen) atoms. The molecule has 0 spiro atoms. The quantitative estimate of drug-likeness (QED) is 0.423. The van der Waals surface area contributed by atoms with Gasteiger partial charge < -0.3 is 19.8 Å². The van der Waals surface area contributed by atoms with Crippen molar-refractivity contribution in [3.8, 4) is 22.9 Å². The predicted molar refractivity (Wildman–Crippen MR) is 131 cm³/mol. The highest BCUT2D eigenvalue weighted by Crippen LogP contribution is 2.31. The summed E-state index contributed by atoms with van der Waals surface area (Å²) in [7, 11) is 1.54. The highest BCUT2D eigenvalue weighted by atomic mass is 35.5. The fourth-order valence-corrected chi connectivity index (χ4v) is 3.41. The van der Waals surface area contributed by atoms with Gasteiger partial charge in [-0.2, -0.15) is 0 Å². The van der Waals surface area contributed by atoms with Crippen molar-refractivity contribution in [3.63, 3.8) is 0 Å². The average molecular weight is 485 g/mol. The minimum absolute atomic E-state index is 0.107. The molecule has 2 aromatic carbocycles. The van der Waals surface area contributed by atoms with Gasteiger partial charge in [0.15, 0.2) is 17.3 Å². The Morgan fingerprint density at radius 2 is 1.97 bits per heavy atom. The smallest absolute Gasteiger partial charge is 0.273 e. The molecular formula is C25H29ClN4O4. The summed E-state index contributed by atoms with van der Waals surface area (Å²) in [5.74, 6) is 1.74. The molecule has 1 aromatic heterocycles. The molecule has 0 aliphatic rings. The Labute approximate surface area is 203 Å². The van der Waals surface area contributed by atoms with Crippen LogP contribution in [0.25, 0.3) is 11.4 Å². The van der Waals surface area contributed by atoms with Crippen LogP contribution in [0, 0.1) is 5.92 Å². The number of nitrogens with one attached hydrogen (secondary N) is 2. The van der Waals surface area contributed by atoms with E-state index in [9.17, 15) is 9.59 Å². The maximum atomic E-state index is 12.5. The van der Waals surface area contributed by atoms with E-state index in [0.717, 1.165) is 12.0 Å². The zero-order valence-electron chi connectivity index (χ0n) is 19.6. The third-order valence-electron chi connectivity index (χ3n) is 5.12. The number of hydrogen-bond acceptors (Lipinski definition) is 6. The predicted octanol–water partition coefficient (Wildman–Crippen LogP) is 4.17. The first kappa shape index (κ1) is 25.2. The van der Waals surface area contributed by atoms with E-state index in [4.69, 9.17) is 21.1 Å². The number of hydrogen-bond donors (Lipinski definition) is 2. The van der Waals surface area contributed by atoms with Crippen molar-refractivity contribution in [2.24, 2.45) is 5.92 Å². The minimum atomic E-state index is -0.375. The first-order chi connectivity index (χ1) is 16.4. The van der Waals surface area contributed by atoms with Gasteiger partial charge in [-0.3, -0.25) is 9.59 Å². The second-order valence-corrected chi connectivity index (χ2v) is 8.70. The van der Waals surface area contributed by atoms with Crippen LogP contribution in [0.4, 0.5) is 0 Å². The molecular weight excluding hydrogens is 456 g/mol. The van der Waals surface area contributed by atoms with E-state index in [2.05, 4.69) is 34.3 Å². The summed E-state index contributed by atoms with van der Waals surface area (Å²) >= 11 is 6.02. The Hall–Kier alpha value is -3.39. The first-order valence-electron chi connectivity index (χ1n) is 11.1. The number of methoxy groups -OCH3 is 1. The molecule has 1 amide bonds. The number of aromatic nitrogens is 3. The molecule has 2 N–H and O–H groups in total. The Bertz CT molecular complexity index is 1180. The number of halogens is 1. The van der Waals surface area contributed by atoms with Crippen LogP contribution in [0.5, 0.6) is 11.5 Å². The Kier molecular flexibility index (Phi) is 9.04. The molecule has 0 bridgehead atoms. The maximum absolute atomic E-state index is 12.5. The summed E-state index contributed by atoms with van der Waals surface area (Å²) < 4.78 is 11.3. The van der Waals surface area contributed by atoms with Gasteiger partial charge in [-0.05, 0) is 48.2 Å². The summed E-state index contributed by atoms with van der Waals surface area (Å²) in [4.78, 5) is 27.2. The molecule has 0 fully saturated rings. The summed E-state index contributed by atoms with van der Waals surface area (Å²) in [6, 6.07) is 12.6. The fourth-order valence-electron chi connectivity index (χ4n) is 3.20. The third-order valence-corrected chi connectivity index (χ3v) is 5.35. The average Bonchev–Trinajstić information content (AvgIpc) is 2.81. The van der Waals surface area contributed by atoms with Crippen molar-refractivity contribution in [2.45, 2.75) is 39.7 Å². The SMILES string of the molecule is COc1cc(-c2nnc(CCC(=O)NCCC(C)C)c(=O)[nH]2)ccc1OCc1cccc(Cl)c1. The van der Waals surface area contributed by atoms with Gasteiger partial charge >= 0.3 is 0 Å². The normalized spacial score (nSPS) is 10.9. The first-order valence-corrected chi connectivity index (χ1v) is 11.5. The van der Waals surface area contributed by atoms with Crippen molar-refractivity contribution < 1.29 is 14.3 Å². The lowest BCUT2D eigenvalue weighted by Crippen LogP contribution is -2.27. The number of rotatable bonds is 11. The summed E-state index contributed by atoms with van der Waals surface area (Å²) in [6.07, 6.45) is 1.31. The van der Waals surface area contributed by atoms with Crippen LogP contribution in [0.3, 0.4) is 0 Å². The van der Waals surface area contributed by atoms with E-state index in [-0.39, 0.29) is 30.0 Å². The Morgan fingerprint density at radius 1 is 1.15 bits per heavy atom. The number of H-pyrrole nitrogens is 1. The molecule has 0 unspecified atom stereocenters. The molecule has 3 aromatic rings. The molecule has 8 nitrogen and oxygen atoms in total. The number of ether oxygens (including phenoxy) is 2. The van der Waals surface area contributed by atoms with Gasteiger partial charge in [-0.15, -0.1) is 10.2 Å². The van der Waals surface area contributed by atoms with E-state index < -0.39 is 0 Å². The van der Waals surface area contributed by atoms with Gasteiger partial charge in [0.25, 0.3) is 5.56 Å². The second kappa shape index (κ2) is 12.2. The number of nitrogens with zero attached hydrogens (tertiary/aromatic N) is 2. The number of carbonyl (C=O) groups excluding carboxylic acids is 1. The largest absolute Gasteiger partial charge is 0.493 e. The number of amides is 1. The van der Waals surface area contributed by atoms with Gasteiger partial charge in [0.05, 0.1) is 7.11 Å². The molecule has 0 saturated carbocycles. The fraction of sp³-hybridized carbons (Fsp3) is 0.360. The Balaban J connectivity index is 1.64. The van der Waals surface area contributed by atoms with Crippen LogP contribution >= 0.6 is 11.6 Å². The highest BCUT2D eigenvalue weighted by Gasteiger charge is 2.12. The summed E-state index contributed by atoms with van der Waals surface area (Å²) in [5.41, 5.74) is 1.39. The van der Waals surface area contributed by atoms with Crippen molar-refractivity contribution in [2.75, 3.05) is 13.7 Å². The molecule has 3 rings (SSSR count). The van der Waals surface area contributed by atoms with Gasteiger partial charge in [0.1, 0.15) is 12.3 Å². The lowest BCUT2D eigenvalue weighted by atomic mass is 10.1. The van der Waals surface area contributed by atoms with Crippen molar-refractivity contribution in [3.05, 3.63) is 69.1 Å². The monoisotopic (exact) mass is 484 g/mol. The molecule has 0 atom stereocenters. The minimum Gasteiger partial charge on any atom is -0.493 e. The van der Waals surface area contributed by atoms with E-state index in [1.165, 1.54) is 7.11 Å². The topological polar surface area (TPSA) is 106 Å². The van der Waals surface area contributed by atoms with Crippen LogP contribution in [0.15, 0.2) is 47.3 Å². The van der Waals surface area contributed by atoms with Crippen LogP contribution in [-0.2, 0) is 17.8 Å². The maximum Gasteiger partial charge on any atom is 0.273 e. The number of carbonyl (C=O) groups is 1. The zero-order valence-corrected chi connectivity index (χ0v) is 20.3. The van der Waals surface area contributed by atoms with Crippen LogP contribution in [-0.4, -0.2) is 34.7 Å². The standard InChI is InChI=1S/C25H29ClN4O4/c1-16(2)11-12-27-23(31)10-8-20-25(32)28-24(30-29-20)18-7-9-21(22(14-18)33-3)34-15-17-5-4-6-19(26)13-17/h4-7,9,13-14,16H,8,10-12,15H2,1-3H3,(H,27,31)(H,28,30,32). The number of aryl methyl sites for hydroxylation is 1. The molecule has 1 heterocycles. The van der Waals surface area contributed by atoms with E-state index in [0.29, 0.717) is 47.0 Å². The van der Waals surface area contributed by atoms with Crippen molar-refractivity contribution >= 4 is 17.5 Å². The molecule has 0 saturated heterocycles. The van der Waals surface area contributed by atoms with Gasteiger partial charge in [0, 0.05) is 30.0 Å². The summed E-state index contributed by atoms with van der Waals surface area (Å²) in [5, 5.41) is 11.7. The number of aromatic amines is 1. The molecule has 0 aliphatic carbocycles. The molecule has 0 aliphatic heterocycles. The van der Waals surface area contributed by atoms with E-state index in [1.54, 1.807) is 24.3 Å². The molecule has 0 radical (unpaired) electrons. The van der Waals surface area contributed by atoms with Gasteiger partial charge in [0.2, 0.25) is 5.91 Å². The van der Waals surface area contributed by atoms with Crippen molar-refractivity contribution in [1.29, 1.82) is 0 Å². The summed E-state index contributed by atoms with van der Waals surface area (Å²) in [6.45, 7) is 5.14. The third kappa shape index (κ3) is 7.31. The van der Waals surface area contributed by atoms with Crippen LogP contribution in [0.1, 0.15) is 37.9 Å². The zero-order chi connectivity index (χ0) is 24.5. The molecule has 180 valence electrons. The lowest BCUT2D eigenvalue weighted by molar-refractivity contribution is -0.121. The van der Waals surface area contributed by atoms with Crippen molar-refractivity contribution in [1.82, 2.24) is 20.5 Å². The van der Waals surface area contributed by atoms with Crippen LogP contribution in [0.2, 0.25) is 5.02 Å². The second-order valence-electron chi connectivity index (χ2n) is 8.27. The number of benzene rings is 2. The van der Waals surface area contributed by atoms with Crippen LogP contribution < -0.4 is 20.3 Å². The van der Waals surface area contributed by atoms with E-state index in [1.807, 2.05) is 18.2 Å². The van der Waals surface area contributed by atoms with E-state index >= 15 is 0 Å². The lowest BCUT2D eigenvalue weighted by Gasteiger charge is -2.12. The Morgan fingerprint density at radius 3 is 2.68 bits per heavy atom. The van der Waals surface area contributed by atoms with Gasteiger partial charge in [-0.25, -0.2) is 0 Å². The van der Waals surface area contributed by atoms with Gasteiger partial charge in [-0.1, -0.05) is 37.6 Å². The highest BCUT2D eigenvalue weighted by molar-refractivity contribution is 6.30. The molecule has 9 heteroatoms.